The molecule has 1 aromatic rings. The van der Waals surface area contributed by atoms with E-state index < -0.39 is 0 Å². The van der Waals surface area contributed by atoms with E-state index >= 15 is 0 Å². The van der Waals surface area contributed by atoms with Crippen LogP contribution in [-0.4, -0.2) is 20.1 Å². The molecule has 0 heterocycles. The van der Waals surface area contributed by atoms with E-state index in [9.17, 15) is 0 Å². The first-order valence-corrected chi connectivity index (χ1v) is 7.75. The number of rotatable bonds is 7. The highest BCUT2D eigenvalue weighted by molar-refractivity contribution is 5.51. The lowest BCUT2D eigenvalue weighted by atomic mass is 10.1. The molecule has 104 valence electrons. The minimum absolute atomic E-state index is 0.969. The molecule has 0 aromatic heterocycles. The van der Waals surface area contributed by atoms with Crippen LogP contribution < -0.4 is 10.2 Å². The van der Waals surface area contributed by atoms with E-state index in [2.05, 4.69) is 35.3 Å². The number of hydrogen-bond acceptors (Lipinski definition) is 2. The van der Waals surface area contributed by atoms with Gasteiger partial charge in [0.2, 0.25) is 0 Å². The van der Waals surface area contributed by atoms with Crippen molar-refractivity contribution in [2.45, 2.75) is 39.2 Å². The quantitative estimate of drug-likeness (QED) is 0.807. The van der Waals surface area contributed by atoms with Crippen LogP contribution in [0.15, 0.2) is 18.2 Å². The third-order valence-electron chi connectivity index (χ3n) is 4.41. The molecule has 2 fully saturated rings. The summed E-state index contributed by atoms with van der Waals surface area (Å²) in [6.45, 7) is 5.77. The van der Waals surface area contributed by atoms with Gasteiger partial charge in [0.05, 0.1) is 0 Å². The van der Waals surface area contributed by atoms with Gasteiger partial charge in [-0.25, -0.2) is 0 Å². The molecule has 2 aliphatic rings. The van der Waals surface area contributed by atoms with Gasteiger partial charge in [0.25, 0.3) is 0 Å². The van der Waals surface area contributed by atoms with Crippen molar-refractivity contribution in [3.63, 3.8) is 0 Å². The maximum absolute atomic E-state index is 3.24. The molecular formula is C17H26N2. The molecule has 0 unspecified atom stereocenters. The number of nitrogens with one attached hydrogen (secondary N) is 1. The lowest BCUT2D eigenvalue weighted by molar-refractivity contribution is 0.679. The van der Waals surface area contributed by atoms with Crippen molar-refractivity contribution < 1.29 is 0 Å². The molecule has 19 heavy (non-hydrogen) atoms. The van der Waals surface area contributed by atoms with Crippen molar-refractivity contribution in [2.75, 3.05) is 25.0 Å². The topological polar surface area (TPSA) is 15.3 Å². The summed E-state index contributed by atoms with van der Waals surface area (Å²) in [4.78, 5) is 2.64. The Morgan fingerprint density at radius 1 is 1.11 bits per heavy atom. The lowest BCUT2D eigenvalue weighted by Gasteiger charge is -2.26. The highest BCUT2D eigenvalue weighted by atomic mass is 15.1. The molecule has 0 aliphatic heterocycles. The second-order valence-electron chi connectivity index (χ2n) is 6.43. The van der Waals surface area contributed by atoms with E-state index in [-0.39, 0.29) is 0 Å². The van der Waals surface area contributed by atoms with Crippen LogP contribution in [0.3, 0.4) is 0 Å². The van der Waals surface area contributed by atoms with Gasteiger partial charge in [-0.15, -0.1) is 0 Å². The van der Waals surface area contributed by atoms with E-state index in [1.54, 1.807) is 0 Å². The molecule has 0 atom stereocenters. The van der Waals surface area contributed by atoms with Gasteiger partial charge in [0, 0.05) is 25.3 Å². The highest BCUT2D eigenvalue weighted by Crippen LogP contribution is 2.36. The van der Waals surface area contributed by atoms with E-state index in [4.69, 9.17) is 0 Å². The van der Waals surface area contributed by atoms with E-state index in [0.29, 0.717) is 0 Å². The highest BCUT2D eigenvalue weighted by Gasteiger charge is 2.29. The Bertz CT molecular complexity index is 419. The first kappa shape index (κ1) is 13.0. The first-order valence-electron chi connectivity index (χ1n) is 7.75. The molecule has 3 rings (SSSR count). The summed E-state index contributed by atoms with van der Waals surface area (Å²) in [6.07, 6.45) is 5.77. The Balaban J connectivity index is 1.73. The molecule has 0 bridgehead atoms. The smallest absolute Gasteiger partial charge is 0.0369 e. The zero-order valence-electron chi connectivity index (χ0n) is 12.3. The van der Waals surface area contributed by atoms with Gasteiger partial charge in [-0.05, 0) is 74.8 Å². The van der Waals surface area contributed by atoms with Gasteiger partial charge >= 0.3 is 0 Å². The number of hydrogen-bond donors (Lipinski definition) is 1. The predicted octanol–water partition coefficient (Wildman–Crippen LogP) is 3.34. The Kier molecular flexibility index (Phi) is 3.79. The van der Waals surface area contributed by atoms with Crippen LogP contribution in [0.5, 0.6) is 0 Å². The van der Waals surface area contributed by atoms with Crippen molar-refractivity contribution >= 4 is 5.69 Å². The Morgan fingerprint density at radius 2 is 1.74 bits per heavy atom. The molecule has 1 N–H and O–H groups in total. The molecule has 2 heteroatoms. The molecule has 0 spiro atoms. The predicted molar refractivity (Wildman–Crippen MR) is 81.6 cm³/mol. The summed E-state index contributed by atoms with van der Waals surface area (Å²) < 4.78 is 0. The molecule has 2 nitrogen and oxygen atoms in total. The molecule has 2 aliphatic carbocycles. The van der Waals surface area contributed by atoms with Crippen molar-refractivity contribution in [3.8, 4) is 0 Å². The van der Waals surface area contributed by atoms with Crippen LogP contribution in [0.1, 0.15) is 36.8 Å². The molecular weight excluding hydrogens is 232 g/mol. The van der Waals surface area contributed by atoms with Gasteiger partial charge in [-0.3, -0.25) is 0 Å². The van der Waals surface area contributed by atoms with E-state index in [0.717, 1.165) is 18.4 Å². The summed E-state index contributed by atoms with van der Waals surface area (Å²) in [5.41, 5.74) is 4.28. The van der Waals surface area contributed by atoms with Gasteiger partial charge in [-0.1, -0.05) is 6.07 Å². The van der Waals surface area contributed by atoms with Crippen molar-refractivity contribution in [1.82, 2.24) is 5.32 Å². The maximum Gasteiger partial charge on any atom is 0.0369 e. The van der Waals surface area contributed by atoms with E-state index in [1.807, 2.05) is 7.05 Å². The van der Waals surface area contributed by atoms with Crippen LogP contribution >= 0.6 is 0 Å². The lowest BCUT2D eigenvalue weighted by Crippen LogP contribution is -2.28. The van der Waals surface area contributed by atoms with Crippen LogP contribution in [-0.2, 0) is 6.54 Å². The molecule has 0 amide bonds. The number of anilines is 1. The third-order valence-corrected chi connectivity index (χ3v) is 4.41. The zero-order chi connectivity index (χ0) is 13.2. The maximum atomic E-state index is 3.24. The molecule has 1 aromatic carbocycles. The minimum atomic E-state index is 0.969. The van der Waals surface area contributed by atoms with Crippen molar-refractivity contribution in [3.05, 3.63) is 29.3 Å². The van der Waals surface area contributed by atoms with Crippen LogP contribution in [0.25, 0.3) is 0 Å². The number of nitrogens with zero attached hydrogens (tertiary/aromatic N) is 1. The average Bonchev–Trinajstić information content (AvgIpc) is 3.26. The standard InChI is InChI=1S/C17H26N2/c1-13-9-17(8-7-16(13)10-18-2)19(11-14-3-4-14)12-15-5-6-15/h7-9,14-15,18H,3-6,10-12H2,1-2H3. The number of benzene rings is 1. The fourth-order valence-corrected chi connectivity index (χ4v) is 2.78. The van der Waals surface area contributed by atoms with Crippen LogP contribution in [0, 0.1) is 18.8 Å². The van der Waals surface area contributed by atoms with Crippen LogP contribution in [0.4, 0.5) is 5.69 Å². The normalized spacial score (nSPS) is 18.6. The Morgan fingerprint density at radius 3 is 2.21 bits per heavy atom. The second-order valence-corrected chi connectivity index (χ2v) is 6.43. The summed E-state index contributed by atoms with van der Waals surface area (Å²) in [7, 11) is 2.01. The fourth-order valence-electron chi connectivity index (χ4n) is 2.78. The zero-order valence-corrected chi connectivity index (χ0v) is 12.3. The van der Waals surface area contributed by atoms with Crippen molar-refractivity contribution in [2.24, 2.45) is 11.8 Å². The fraction of sp³-hybridized carbons (Fsp3) is 0.647. The summed E-state index contributed by atoms with van der Waals surface area (Å²) in [6, 6.07) is 7.01. The van der Waals surface area contributed by atoms with E-state index in [1.165, 1.54) is 55.6 Å². The average molecular weight is 258 g/mol. The Hall–Kier alpha value is -1.02. The summed E-state index contributed by atoms with van der Waals surface area (Å²) in [5, 5.41) is 3.24. The summed E-state index contributed by atoms with van der Waals surface area (Å²) in [5.74, 6) is 1.94. The monoisotopic (exact) mass is 258 g/mol. The van der Waals surface area contributed by atoms with Gasteiger partial charge < -0.3 is 10.2 Å². The van der Waals surface area contributed by atoms with Crippen molar-refractivity contribution in [1.29, 1.82) is 0 Å². The largest absolute Gasteiger partial charge is 0.371 e. The summed E-state index contributed by atoms with van der Waals surface area (Å²) >= 11 is 0. The minimum Gasteiger partial charge on any atom is -0.371 e. The molecule has 0 radical (unpaired) electrons. The third kappa shape index (κ3) is 3.50. The Labute approximate surface area is 117 Å². The molecule has 2 saturated carbocycles. The SMILES string of the molecule is CNCc1ccc(N(CC2CC2)CC2CC2)cc1C. The first-order chi connectivity index (χ1) is 9.26. The van der Waals surface area contributed by atoms with Gasteiger partial charge in [0.1, 0.15) is 0 Å². The molecule has 0 saturated heterocycles. The van der Waals surface area contributed by atoms with Gasteiger partial charge in [-0.2, -0.15) is 0 Å². The number of aryl methyl sites for hydroxylation is 1. The van der Waals surface area contributed by atoms with Crippen LogP contribution in [0.2, 0.25) is 0 Å². The van der Waals surface area contributed by atoms with Gasteiger partial charge in [0.15, 0.2) is 0 Å². The second kappa shape index (κ2) is 5.54.